The van der Waals surface area contributed by atoms with E-state index in [1.807, 2.05) is 6.92 Å². The summed E-state index contributed by atoms with van der Waals surface area (Å²) in [5.41, 5.74) is 0.158. The van der Waals surface area contributed by atoms with Crippen LogP contribution in [0, 0.1) is 0 Å². The average molecular weight is 314 g/mol. The smallest absolute Gasteiger partial charge is 0.334 e. The van der Waals surface area contributed by atoms with Crippen LogP contribution in [0.1, 0.15) is 19.8 Å². The molecular formula is C14H18O4S2. The van der Waals surface area contributed by atoms with E-state index in [1.165, 1.54) is 12.1 Å². The molecule has 0 aromatic heterocycles. The number of benzene rings is 1. The minimum atomic E-state index is -3.47. The van der Waals surface area contributed by atoms with E-state index in [9.17, 15) is 13.2 Å². The molecule has 0 aliphatic carbocycles. The third-order valence-corrected chi connectivity index (χ3v) is 5.93. The van der Waals surface area contributed by atoms with Gasteiger partial charge in [-0.15, -0.1) is 0 Å². The lowest BCUT2D eigenvalue weighted by atomic mass is 10.3. The number of carbonyl (C=O) groups excluding carboxylic acids is 1. The Kier molecular flexibility index (Phi) is 6.81. The largest absolute Gasteiger partial charge is 0.462 e. The van der Waals surface area contributed by atoms with Crippen molar-refractivity contribution in [3.05, 3.63) is 42.5 Å². The Bertz CT molecular complexity index is 550. The van der Waals surface area contributed by atoms with Crippen LogP contribution in [0.15, 0.2) is 47.4 Å². The number of rotatable bonds is 8. The molecule has 6 heteroatoms. The highest BCUT2D eigenvalue weighted by molar-refractivity contribution is 8.72. The summed E-state index contributed by atoms with van der Waals surface area (Å²) in [5.74, 6) is -0.531. The van der Waals surface area contributed by atoms with E-state index in [-0.39, 0.29) is 16.2 Å². The molecule has 0 fully saturated rings. The van der Waals surface area contributed by atoms with Crippen molar-refractivity contribution in [3.8, 4) is 0 Å². The fourth-order valence-electron chi connectivity index (χ4n) is 1.27. The fourth-order valence-corrected chi connectivity index (χ4v) is 3.95. The van der Waals surface area contributed by atoms with E-state index in [1.54, 1.807) is 18.2 Å². The molecule has 0 N–H and O–H groups in total. The first-order valence-electron chi connectivity index (χ1n) is 6.26. The highest BCUT2D eigenvalue weighted by atomic mass is 33.1. The zero-order chi connectivity index (χ0) is 15.0. The van der Waals surface area contributed by atoms with Crippen LogP contribution in [0.5, 0.6) is 0 Å². The minimum Gasteiger partial charge on any atom is -0.462 e. The van der Waals surface area contributed by atoms with Crippen molar-refractivity contribution in [3.63, 3.8) is 0 Å². The van der Waals surface area contributed by atoms with E-state index in [0.29, 0.717) is 17.4 Å². The molecule has 1 aromatic carbocycles. The second-order valence-corrected chi connectivity index (χ2v) is 8.05. The Morgan fingerprint density at radius 1 is 1.30 bits per heavy atom. The summed E-state index contributed by atoms with van der Waals surface area (Å²) in [7, 11) is -2.79. The Labute approximate surface area is 123 Å². The third kappa shape index (κ3) is 5.38. The summed E-state index contributed by atoms with van der Waals surface area (Å²) < 4.78 is 28.9. The maximum absolute atomic E-state index is 12.0. The molecule has 1 rings (SSSR count). The van der Waals surface area contributed by atoms with Gasteiger partial charge in [-0.05, 0) is 29.3 Å². The number of hydrogen-bond acceptors (Lipinski definition) is 5. The van der Waals surface area contributed by atoms with Crippen LogP contribution in [0.25, 0.3) is 0 Å². The predicted octanol–water partition coefficient (Wildman–Crippen LogP) is 3.01. The molecule has 0 radical (unpaired) electrons. The van der Waals surface area contributed by atoms with Gasteiger partial charge < -0.3 is 4.74 Å². The summed E-state index contributed by atoms with van der Waals surface area (Å²) in [6.07, 6.45) is 1.71. The molecule has 110 valence electrons. The summed E-state index contributed by atoms with van der Waals surface area (Å²) in [5, 5.41) is 0. The van der Waals surface area contributed by atoms with Gasteiger partial charge in [0.2, 0.25) is 8.87 Å². The molecule has 0 heterocycles. The van der Waals surface area contributed by atoms with Crippen LogP contribution >= 0.6 is 10.8 Å². The molecule has 0 aliphatic heterocycles. The summed E-state index contributed by atoms with van der Waals surface area (Å²) >= 11 is 0. The molecule has 0 amide bonds. The van der Waals surface area contributed by atoms with Crippen LogP contribution in [0.3, 0.4) is 0 Å². The normalized spacial score (nSPS) is 11.1. The van der Waals surface area contributed by atoms with Gasteiger partial charge in [-0.25, -0.2) is 13.2 Å². The van der Waals surface area contributed by atoms with Gasteiger partial charge in [0, 0.05) is 11.3 Å². The van der Waals surface area contributed by atoms with Crippen molar-refractivity contribution in [2.45, 2.75) is 24.7 Å². The number of esters is 1. The summed E-state index contributed by atoms with van der Waals surface area (Å²) in [6, 6.07) is 8.09. The van der Waals surface area contributed by atoms with Gasteiger partial charge in [0.1, 0.15) is 0 Å². The molecule has 0 atom stereocenters. The van der Waals surface area contributed by atoms with Gasteiger partial charge in [0.25, 0.3) is 0 Å². The maximum atomic E-state index is 12.0. The van der Waals surface area contributed by atoms with Crippen molar-refractivity contribution in [1.82, 2.24) is 0 Å². The van der Waals surface area contributed by atoms with Crippen molar-refractivity contribution in [2.75, 3.05) is 12.4 Å². The SMILES string of the molecule is C=C(CSS(=O)(=O)c1ccccc1)C(=O)OCCCC. The van der Waals surface area contributed by atoms with Crippen LogP contribution in [0.4, 0.5) is 0 Å². The van der Waals surface area contributed by atoms with Crippen LogP contribution in [-0.4, -0.2) is 26.7 Å². The van der Waals surface area contributed by atoms with E-state index < -0.39 is 14.8 Å². The Morgan fingerprint density at radius 2 is 1.95 bits per heavy atom. The number of hydrogen-bond donors (Lipinski definition) is 0. The molecular weight excluding hydrogens is 296 g/mol. The monoisotopic (exact) mass is 314 g/mol. The quantitative estimate of drug-likeness (QED) is 0.319. The zero-order valence-electron chi connectivity index (χ0n) is 11.4. The molecule has 0 spiro atoms. The molecule has 0 saturated heterocycles. The van der Waals surface area contributed by atoms with Crippen molar-refractivity contribution >= 4 is 25.6 Å². The van der Waals surface area contributed by atoms with Gasteiger partial charge in [0.05, 0.1) is 11.5 Å². The molecule has 0 saturated carbocycles. The second-order valence-electron chi connectivity index (χ2n) is 4.12. The van der Waals surface area contributed by atoms with Crippen LogP contribution in [0.2, 0.25) is 0 Å². The maximum Gasteiger partial charge on any atom is 0.334 e. The third-order valence-electron chi connectivity index (χ3n) is 2.44. The molecule has 1 aromatic rings. The van der Waals surface area contributed by atoms with Gasteiger partial charge in [-0.2, -0.15) is 0 Å². The van der Waals surface area contributed by atoms with Gasteiger partial charge >= 0.3 is 5.97 Å². The van der Waals surface area contributed by atoms with Crippen molar-refractivity contribution in [1.29, 1.82) is 0 Å². The Hall–Kier alpha value is -1.27. The minimum absolute atomic E-state index is 0.00217. The van der Waals surface area contributed by atoms with E-state index in [2.05, 4.69) is 6.58 Å². The molecule has 0 unspecified atom stereocenters. The van der Waals surface area contributed by atoms with E-state index in [4.69, 9.17) is 4.74 Å². The van der Waals surface area contributed by atoms with Gasteiger partial charge in [-0.1, -0.05) is 38.1 Å². The molecule has 4 nitrogen and oxygen atoms in total. The topological polar surface area (TPSA) is 60.4 Å². The number of carbonyl (C=O) groups is 1. The standard InChI is InChI=1S/C14H18O4S2/c1-3-4-10-18-14(15)12(2)11-19-20(16,17)13-8-6-5-7-9-13/h5-9H,2-4,10-11H2,1H3. The van der Waals surface area contributed by atoms with Gasteiger partial charge in [0.15, 0.2) is 0 Å². The second kappa shape index (κ2) is 8.11. The fraction of sp³-hybridized carbons (Fsp3) is 0.357. The lowest BCUT2D eigenvalue weighted by molar-refractivity contribution is -0.138. The first kappa shape index (κ1) is 16.8. The van der Waals surface area contributed by atoms with Crippen LogP contribution in [-0.2, 0) is 18.4 Å². The predicted molar refractivity (Wildman–Crippen MR) is 81.1 cm³/mol. The molecule has 20 heavy (non-hydrogen) atoms. The summed E-state index contributed by atoms with van der Waals surface area (Å²) in [4.78, 5) is 11.8. The first-order valence-corrected chi connectivity index (χ1v) is 9.25. The average Bonchev–Trinajstić information content (AvgIpc) is 2.46. The lowest BCUT2D eigenvalue weighted by Crippen LogP contribution is -2.10. The van der Waals surface area contributed by atoms with E-state index >= 15 is 0 Å². The van der Waals surface area contributed by atoms with Gasteiger partial charge in [-0.3, -0.25) is 0 Å². The number of unbranched alkanes of at least 4 members (excludes halogenated alkanes) is 1. The lowest BCUT2D eigenvalue weighted by Gasteiger charge is -2.07. The zero-order valence-corrected chi connectivity index (χ0v) is 13.0. The number of ether oxygens (including phenoxy) is 1. The first-order chi connectivity index (χ1) is 9.47. The molecule has 0 bridgehead atoms. The molecule has 0 aliphatic rings. The highest BCUT2D eigenvalue weighted by Crippen LogP contribution is 2.24. The Morgan fingerprint density at radius 3 is 2.55 bits per heavy atom. The van der Waals surface area contributed by atoms with E-state index in [0.717, 1.165) is 12.8 Å². The summed E-state index contributed by atoms with van der Waals surface area (Å²) in [6.45, 7) is 5.90. The highest BCUT2D eigenvalue weighted by Gasteiger charge is 2.17. The Balaban J connectivity index is 2.50. The van der Waals surface area contributed by atoms with Crippen molar-refractivity contribution in [2.24, 2.45) is 0 Å². The van der Waals surface area contributed by atoms with Crippen molar-refractivity contribution < 1.29 is 17.9 Å². The van der Waals surface area contributed by atoms with Crippen LogP contribution < -0.4 is 0 Å².